The van der Waals surface area contributed by atoms with Gasteiger partial charge in [-0.05, 0) is 32.4 Å². The van der Waals surface area contributed by atoms with Gasteiger partial charge in [0.2, 0.25) is 0 Å². The third-order valence-corrected chi connectivity index (χ3v) is 2.76. The SMILES string of the molecule is CCOC(=O)C(CC)Oc1cc(OC)ccc1C(C)=O. The summed E-state index contributed by atoms with van der Waals surface area (Å²) in [5, 5.41) is 0. The molecule has 0 saturated heterocycles. The standard InChI is InChI=1S/C15H20O5/c1-5-13(15(17)19-6-2)20-14-9-11(18-4)7-8-12(14)10(3)16/h7-9,13H,5-6H2,1-4H3. The number of ether oxygens (including phenoxy) is 3. The highest BCUT2D eigenvalue weighted by Gasteiger charge is 2.22. The Morgan fingerprint density at radius 1 is 1.25 bits per heavy atom. The molecule has 1 atom stereocenters. The minimum atomic E-state index is -0.736. The van der Waals surface area contributed by atoms with E-state index in [0.717, 1.165) is 0 Å². The largest absolute Gasteiger partial charge is 0.497 e. The van der Waals surface area contributed by atoms with Gasteiger partial charge in [0.25, 0.3) is 0 Å². The summed E-state index contributed by atoms with van der Waals surface area (Å²) in [6.07, 6.45) is -0.284. The van der Waals surface area contributed by atoms with E-state index in [1.54, 1.807) is 25.1 Å². The molecule has 5 nitrogen and oxygen atoms in total. The third kappa shape index (κ3) is 3.98. The summed E-state index contributed by atoms with van der Waals surface area (Å²) in [5.74, 6) is 0.314. The molecule has 0 spiro atoms. The van der Waals surface area contributed by atoms with Crippen molar-refractivity contribution in [3.63, 3.8) is 0 Å². The Kier molecular flexibility index (Phi) is 6.03. The van der Waals surface area contributed by atoms with Gasteiger partial charge in [0, 0.05) is 6.07 Å². The third-order valence-electron chi connectivity index (χ3n) is 2.76. The molecule has 0 saturated carbocycles. The highest BCUT2D eigenvalue weighted by Crippen LogP contribution is 2.27. The van der Waals surface area contributed by atoms with Gasteiger partial charge in [-0.25, -0.2) is 4.79 Å². The van der Waals surface area contributed by atoms with E-state index in [9.17, 15) is 9.59 Å². The van der Waals surface area contributed by atoms with E-state index in [-0.39, 0.29) is 12.4 Å². The number of Topliss-reactive ketones (excluding diaryl/α,β-unsaturated/α-hetero) is 1. The molecular weight excluding hydrogens is 260 g/mol. The Labute approximate surface area is 118 Å². The van der Waals surface area contributed by atoms with Crippen LogP contribution in [0.15, 0.2) is 18.2 Å². The predicted octanol–water partition coefficient (Wildman–Crippen LogP) is 2.62. The zero-order valence-electron chi connectivity index (χ0n) is 12.3. The van der Waals surface area contributed by atoms with Crippen LogP contribution in [0.1, 0.15) is 37.6 Å². The van der Waals surface area contributed by atoms with Gasteiger partial charge in [0.15, 0.2) is 11.9 Å². The number of benzene rings is 1. The molecule has 1 unspecified atom stereocenters. The normalized spacial score (nSPS) is 11.6. The molecule has 0 N–H and O–H groups in total. The maximum absolute atomic E-state index is 11.8. The molecule has 0 radical (unpaired) electrons. The number of hydrogen-bond donors (Lipinski definition) is 0. The number of ketones is 1. The van der Waals surface area contributed by atoms with Gasteiger partial charge in [-0.15, -0.1) is 0 Å². The predicted molar refractivity (Wildman–Crippen MR) is 74.3 cm³/mol. The molecule has 0 amide bonds. The van der Waals surface area contributed by atoms with Gasteiger partial charge in [0.05, 0.1) is 19.3 Å². The van der Waals surface area contributed by atoms with Crippen LogP contribution in [0.2, 0.25) is 0 Å². The molecule has 0 heterocycles. The van der Waals surface area contributed by atoms with Crippen LogP contribution >= 0.6 is 0 Å². The number of esters is 1. The van der Waals surface area contributed by atoms with Crippen LogP contribution in [-0.4, -0.2) is 31.6 Å². The number of methoxy groups -OCH3 is 1. The monoisotopic (exact) mass is 280 g/mol. The summed E-state index contributed by atoms with van der Waals surface area (Å²) in [7, 11) is 1.52. The average molecular weight is 280 g/mol. The molecule has 0 aliphatic carbocycles. The highest BCUT2D eigenvalue weighted by atomic mass is 16.6. The molecule has 1 aromatic carbocycles. The summed E-state index contributed by atoms with van der Waals surface area (Å²) in [5.41, 5.74) is 0.411. The van der Waals surface area contributed by atoms with Crippen LogP contribution in [0.3, 0.4) is 0 Å². The maximum atomic E-state index is 11.8. The summed E-state index contributed by atoms with van der Waals surface area (Å²) in [6, 6.07) is 4.89. The lowest BCUT2D eigenvalue weighted by Gasteiger charge is -2.18. The molecule has 0 aliphatic rings. The molecule has 0 fully saturated rings. The van der Waals surface area contributed by atoms with Crippen molar-refractivity contribution in [2.45, 2.75) is 33.3 Å². The van der Waals surface area contributed by atoms with Crippen molar-refractivity contribution in [3.8, 4) is 11.5 Å². The van der Waals surface area contributed by atoms with Crippen LogP contribution in [-0.2, 0) is 9.53 Å². The lowest BCUT2D eigenvalue weighted by atomic mass is 10.1. The smallest absolute Gasteiger partial charge is 0.347 e. The van der Waals surface area contributed by atoms with E-state index < -0.39 is 12.1 Å². The number of hydrogen-bond acceptors (Lipinski definition) is 5. The first kappa shape index (κ1) is 16.0. The van der Waals surface area contributed by atoms with Gasteiger partial charge < -0.3 is 14.2 Å². The van der Waals surface area contributed by atoms with E-state index in [4.69, 9.17) is 14.2 Å². The van der Waals surface area contributed by atoms with Crippen molar-refractivity contribution in [2.24, 2.45) is 0 Å². The maximum Gasteiger partial charge on any atom is 0.347 e. The Bertz CT molecular complexity index is 481. The lowest BCUT2D eigenvalue weighted by Crippen LogP contribution is -2.29. The van der Waals surface area contributed by atoms with E-state index in [2.05, 4.69) is 0 Å². The van der Waals surface area contributed by atoms with Crippen LogP contribution < -0.4 is 9.47 Å². The Morgan fingerprint density at radius 3 is 2.45 bits per heavy atom. The molecular formula is C15H20O5. The number of carbonyl (C=O) groups is 2. The molecule has 0 aromatic heterocycles. The van der Waals surface area contributed by atoms with Gasteiger partial charge >= 0.3 is 5.97 Å². The van der Waals surface area contributed by atoms with Gasteiger partial charge in [-0.1, -0.05) is 6.92 Å². The van der Waals surface area contributed by atoms with E-state index in [0.29, 0.717) is 23.5 Å². The van der Waals surface area contributed by atoms with Crippen LogP contribution in [0.4, 0.5) is 0 Å². The molecule has 0 aliphatic heterocycles. The fourth-order valence-electron chi connectivity index (χ4n) is 1.70. The summed E-state index contributed by atoms with van der Waals surface area (Å²) in [6.45, 7) is 5.28. The van der Waals surface area contributed by atoms with Gasteiger partial charge in [0.1, 0.15) is 11.5 Å². The van der Waals surface area contributed by atoms with Gasteiger partial charge in [-0.2, -0.15) is 0 Å². The first-order valence-corrected chi connectivity index (χ1v) is 6.55. The van der Waals surface area contributed by atoms with E-state index in [1.165, 1.54) is 14.0 Å². The second-order valence-electron chi connectivity index (χ2n) is 4.19. The molecule has 110 valence electrons. The van der Waals surface area contributed by atoms with Crippen molar-refractivity contribution in [3.05, 3.63) is 23.8 Å². The summed E-state index contributed by atoms with van der Waals surface area (Å²) >= 11 is 0. The van der Waals surface area contributed by atoms with Crippen LogP contribution in [0.5, 0.6) is 11.5 Å². The van der Waals surface area contributed by atoms with Crippen molar-refractivity contribution in [1.29, 1.82) is 0 Å². The zero-order valence-corrected chi connectivity index (χ0v) is 12.3. The van der Waals surface area contributed by atoms with Crippen molar-refractivity contribution < 1.29 is 23.8 Å². The molecule has 5 heteroatoms. The minimum Gasteiger partial charge on any atom is -0.497 e. The summed E-state index contributed by atoms with van der Waals surface area (Å²) in [4.78, 5) is 23.3. The number of rotatable bonds is 7. The molecule has 1 rings (SSSR count). The van der Waals surface area contributed by atoms with Crippen LogP contribution in [0.25, 0.3) is 0 Å². The Morgan fingerprint density at radius 2 is 1.95 bits per heavy atom. The quantitative estimate of drug-likeness (QED) is 0.567. The second kappa shape index (κ2) is 7.53. The van der Waals surface area contributed by atoms with E-state index >= 15 is 0 Å². The number of carbonyl (C=O) groups excluding carboxylic acids is 2. The highest BCUT2D eigenvalue weighted by molar-refractivity contribution is 5.97. The average Bonchev–Trinajstić information content (AvgIpc) is 2.44. The second-order valence-corrected chi connectivity index (χ2v) is 4.19. The fourth-order valence-corrected chi connectivity index (χ4v) is 1.70. The molecule has 0 bridgehead atoms. The van der Waals surface area contributed by atoms with Crippen molar-refractivity contribution in [1.82, 2.24) is 0 Å². The topological polar surface area (TPSA) is 61.8 Å². The zero-order chi connectivity index (χ0) is 15.1. The first-order valence-electron chi connectivity index (χ1n) is 6.55. The van der Waals surface area contributed by atoms with E-state index in [1.807, 2.05) is 6.92 Å². The van der Waals surface area contributed by atoms with Crippen LogP contribution in [0, 0.1) is 0 Å². The summed E-state index contributed by atoms with van der Waals surface area (Å²) < 4.78 is 15.7. The molecule has 20 heavy (non-hydrogen) atoms. The van der Waals surface area contributed by atoms with Gasteiger partial charge in [-0.3, -0.25) is 4.79 Å². The fraction of sp³-hybridized carbons (Fsp3) is 0.467. The minimum absolute atomic E-state index is 0.138. The molecule has 1 aromatic rings. The Hall–Kier alpha value is -2.04. The lowest BCUT2D eigenvalue weighted by molar-refractivity contribution is -0.151. The van der Waals surface area contributed by atoms with Crippen molar-refractivity contribution in [2.75, 3.05) is 13.7 Å². The Balaban J connectivity index is 3.03. The van der Waals surface area contributed by atoms with Crippen molar-refractivity contribution >= 4 is 11.8 Å². The first-order chi connectivity index (χ1) is 9.53.